The molecule has 0 aliphatic carbocycles. The summed E-state index contributed by atoms with van der Waals surface area (Å²) >= 11 is 0.305. The topological polar surface area (TPSA) is 41.4 Å². The SMILES string of the molecule is CCCCc1cccc(Nc2c(Nc3ccccc3)n3nc2[se]3)c1. The quantitative estimate of drug-likeness (QED) is 0.456. The molecule has 0 fully saturated rings. The number of para-hydroxylation sites is 1. The zero-order valence-corrected chi connectivity index (χ0v) is 15.3. The number of aryl methyl sites for hydroxylation is 1. The van der Waals surface area contributed by atoms with Crippen molar-refractivity contribution in [1.82, 2.24) is 8.61 Å². The molecule has 0 amide bonds. The normalized spacial score (nSPS) is 11.2. The van der Waals surface area contributed by atoms with Crippen molar-refractivity contribution in [2.24, 2.45) is 0 Å². The van der Waals surface area contributed by atoms with E-state index >= 15 is 0 Å². The first kappa shape index (κ1) is 15.3. The first-order valence-corrected chi connectivity index (χ1v) is 9.95. The van der Waals surface area contributed by atoms with E-state index in [1.165, 1.54) is 22.8 Å². The van der Waals surface area contributed by atoms with Crippen molar-refractivity contribution in [3.05, 3.63) is 60.2 Å². The van der Waals surface area contributed by atoms with E-state index in [2.05, 4.69) is 62.6 Å². The van der Waals surface area contributed by atoms with Crippen LogP contribution in [0.1, 0.15) is 25.3 Å². The minimum atomic E-state index is 0.305. The van der Waals surface area contributed by atoms with Crippen molar-refractivity contribution in [3.8, 4) is 0 Å². The molecule has 4 nitrogen and oxygen atoms in total. The summed E-state index contributed by atoms with van der Waals surface area (Å²) in [4.78, 5) is 0. The maximum atomic E-state index is 4.54. The molecule has 5 aromatic rings. The number of nitrogens with zero attached hydrogens (tertiary/aromatic N) is 2. The van der Waals surface area contributed by atoms with Crippen LogP contribution in [0.3, 0.4) is 0 Å². The number of nitrogens with one attached hydrogen (secondary N) is 2. The number of aromatic nitrogens is 2. The standard InChI is InChI=1S/C19H20N4Se/c1-2-3-8-14-9-7-12-16(13-14)20-17-18(23-22-19(17)24-23)21-15-10-5-4-6-11-15/h4-7,9-13,20-21H,2-3,8H2,1H3. The van der Waals surface area contributed by atoms with Crippen LogP contribution in [0.25, 0.3) is 4.39 Å². The molecule has 3 heterocycles. The Labute approximate surface area is 147 Å². The van der Waals surface area contributed by atoms with Crippen molar-refractivity contribution in [1.29, 1.82) is 0 Å². The molecule has 2 bridgehead atoms. The molecule has 24 heavy (non-hydrogen) atoms. The van der Waals surface area contributed by atoms with Crippen molar-refractivity contribution in [2.75, 3.05) is 10.6 Å². The van der Waals surface area contributed by atoms with E-state index in [9.17, 15) is 0 Å². The second-order valence-corrected chi connectivity index (χ2v) is 7.83. The molecule has 5 rings (SSSR count). The molecule has 3 aromatic heterocycles. The van der Waals surface area contributed by atoms with Crippen LogP contribution < -0.4 is 10.6 Å². The Morgan fingerprint density at radius 3 is 2.58 bits per heavy atom. The van der Waals surface area contributed by atoms with Gasteiger partial charge in [0.25, 0.3) is 0 Å². The molecule has 0 atom stereocenters. The fourth-order valence-corrected chi connectivity index (χ4v) is 4.36. The molecule has 0 radical (unpaired) electrons. The van der Waals surface area contributed by atoms with Gasteiger partial charge in [-0.05, 0) is 0 Å². The molecule has 122 valence electrons. The van der Waals surface area contributed by atoms with Crippen LogP contribution >= 0.6 is 0 Å². The summed E-state index contributed by atoms with van der Waals surface area (Å²) in [6, 6.07) is 19.0. The van der Waals surface area contributed by atoms with Crippen LogP contribution in [0.15, 0.2) is 54.6 Å². The van der Waals surface area contributed by atoms with Crippen LogP contribution in [0.5, 0.6) is 0 Å². The summed E-state index contributed by atoms with van der Waals surface area (Å²) in [7, 11) is 0. The van der Waals surface area contributed by atoms with Crippen molar-refractivity contribution < 1.29 is 0 Å². The van der Waals surface area contributed by atoms with Crippen LogP contribution in [-0.2, 0) is 6.42 Å². The van der Waals surface area contributed by atoms with E-state index in [-0.39, 0.29) is 0 Å². The molecule has 0 unspecified atom stereocenters. The molecule has 2 aromatic carbocycles. The fourth-order valence-electron chi connectivity index (χ4n) is 2.77. The Morgan fingerprint density at radius 2 is 1.79 bits per heavy atom. The van der Waals surface area contributed by atoms with E-state index in [0.29, 0.717) is 14.7 Å². The van der Waals surface area contributed by atoms with Gasteiger partial charge >= 0.3 is 148 Å². The Hall–Kier alpha value is -2.23. The molecular formula is C19H20N4Se. The summed E-state index contributed by atoms with van der Waals surface area (Å²) in [5.41, 5.74) is 4.73. The predicted octanol–water partition coefficient (Wildman–Crippen LogP) is 4.66. The zero-order chi connectivity index (χ0) is 16.4. The van der Waals surface area contributed by atoms with Gasteiger partial charge in [0.05, 0.1) is 0 Å². The van der Waals surface area contributed by atoms with E-state index in [1.807, 2.05) is 18.2 Å². The van der Waals surface area contributed by atoms with Gasteiger partial charge in [-0.25, -0.2) is 0 Å². The van der Waals surface area contributed by atoms with Gasteiger partial charge in [-0.15, -0.1) is 0 Å². The summed E-state index contributed by atoms with van der Waals surface area (Å²) < 4.78 is 3.25. The van der Waals surface area contributed by atoms with Crippen LogP contribution in [0.2, 0.25) is 0 Å². The van der Waals surface area contributed by atoms with Crippen LogP contribution in [0, 0.1) is 0 Å². The summed E-state index contributed by atoms with van der Waals surface area (Å²) in [5.74, 6) is 1.06. The summed E-state index contributed by atoms with van der Waals surface area (Å²) in [6.07, 6.45) is 3.59. The molecule has 0 saturated carbocycles. The number of rotatable bonds is 7. The van der Waals surface area contributed by atoms with E-state index in [4.69, 9.17) is 0 Å². The third-order valence-corrected chi connectivity index (χ3v) is 5.93. The fraction of sp³-hybridized carbons (Fsp3) is 0.211. The van der Waals surface area contributed by atoms with Gasteiger partial charge < -0.3 is 0 Å². The van der Waals surface area contributed by atoms with Crippen molar-refractivity contribution in [3.63, 3.8) is 0 Å². The summed E-state index contributed by atoms with van der Waals surface area (Å²) in [6.45, 7) is 2.23. The molecule has 0 aliphatic heterocycles. The molecule has 2 N–H and O–H groups in total. The van der Waals surface area contributed by atoms with Gasteiger partial charge in [0.15, 0.2) is 0 Å². The Bertz CT molecular complexity index is 895. The minimum absolute atomic E-state index is 0.305. The van der Waals surface area contributed by atoms with E-state index in [1.54, 1.807) is 0 Å². The Morgan fingerprint density at radius 1 is 1.00 bits per heavy atom. The zero-order valence-electron chi connectivity index (χ0n) is 13.6. The van der Waals surface area contributed by atoms with E-state index in [0.717, 1.165) is 29.3 Å². The molecule has 0 aliphatic rings. The van der Waals surface area contributed by atoms with Gasteiger partial charge in [-0.3, -0.25) is 0 Å². The second-order valence-electron chi connectivity index (χ2n) is 5.91. The van der Waals surface area contributed by atoms with Crippen LogP contribution in [-0.4, -0.2) is 23.3 Å². The van der Waals surface area contributed by atoms with Gasteiger partial charge in [0.1, 0.15) is 0 Å². The van der Waals surface area contributed by atoms with Gasteiger partial charge in [0, 0.05) is 0 Å². The van der Waals surface area contributed by atoms with E-state index < -0.39 is 0 Å². The Balaban J connectivity index is 1.56. The van der Waals surface area contributed by atoms with Gasteiger partial charge in [-0.2, -0.15) is 0 Å². The Kier molecular flexibility index (Phi) is 4.28. The summed E-state index contributed by atoms with van der Waals surface area (Å²) in [5, 5.41) is 11.6. The van der Waals surface area contributed by atoms with Crippen LogP contribution in [0.4, 0.5) is 22.9 Å². The van der Waals surface area contributed by atoms with Gasteiger partial charge in [-0.1, -0.05) is 0 Å². The number of benzene rings is 2. The molecule has 0 spiro atoms. The number of hydrogen-bond donors (Lipinski definition) is 2. The average Bonchev–Trinajstić information content (AvgIpc) is 3.06. The van der Waals surface area contributed by atoms with Gasteiger partial charge in [0.2, 0.25) is 0 Å². The molecular weight excluding hydrogens is 363 g/mol. The number of hydrogen-bond acceptors (Lipinski definition) is 3. The average molecular weight is 383 g/mol. The predicted molar refractivity (Wildman–Crippen MR) is 101 cm³/mol. The second kappa shape index (κ2) is 6.71. The first-order valence-electron chi connectivity index (χ1n) is 8.33. The number of anilines is 4. The first-order chi connectivity index (χ1) is 11.8. The number of fused-ring (bicyclic) bond motifs is 1. The van der Waals surface area contributed by atoms with Crippen molar-refractivity contribution >= 4 is 42.0 Å². The maximum absolute atomic E-state index is 4.54. The molecule has 0 saturated heterocycles. The number of unbranched alkanes of at least 4 members (excludes halogenated alkanes) is 1. The monoisotopic (exact) mass is 384 g/mol. The third-order valence-electron chi connectivity index (χ3n) is 4.05. The van der Waals surface area contributed by atoms with Crippen molar-refractivity contribution in [2.45, 2.75) is 26.2 Å². The molecule has 5 heteroatoms. The third kappa shape index (κ3) is 3.05.